The Morgan fingerprint density at radius 1 is 1.17 bits per heavy atom. The number of rotatable bonds is 3. The van der Waals surface area contributed by atoms with Gasteiger partial charge in [0.2, 0.25) is 0 Å². The second kappa shape index (κ2) is 5.92. The summed E-state index contributed by atoms with van der Waals surface area (Å²) in [5.74, 6) is 1.87. The summed E-state index contributed by atoms with van der Waals surface area (Å²) in [7, 11) is 0. The smallest absolute Gasteiger partial charge is 0.287 e. The molecule has 0 saturated carbocycles. The van der Waals surface area contributed by atoms with Crippen molar-refractivity contribution in [1.29, 1.82) is 0 Å². The summed E-state index contributed by atoms with van der Waals surface area (Å²) in [6, 6.07) is 11.0. The molecule has 1 aliphatic rings. The molecule has 0 amide bonds. The summed E-state index contributed by atoms with van der Waals surface area (Å²) in [6.07, 6.45) is 3.15. The third kappa shape index (κ3) is 2.68. The number of pyridine rings is 1. The van der Waals surface area contributed by atoms with Crippen LogP contribution in [0.1, 0.15) is 24.7 Å². The van der Waals surface area contributed by atoms with Crippen molar-refractivity contribution in [2.45, 2.75) is 18.8 Å². The van der Waals surface area contributed by atoms with Crippen LogP contribution in [0, 0.1) is 10.1 Å². The highest BCUT2D eigenvalue weighted by Gasteiger charge is 2.25. The highest BCUT2D eigenvalue weighted by molar-refractivity contribution is 5.72. The molecule has 0 radical (unpaired) electrons. The van der Waals surface area contributed by atoms with Crippen LogP contribution < -0.4 is 4.90 Å². The van der Waals surface area contributed by atoms with Gasteiger partial charge < -0.3 is 9.32 Å². The maximum absolute atomic E-state index is 10.7. The van der Waals surface area contributed by atoms with Crippen molar-refractivity contribution in [3.63, 3.8) is 0 Å². The minimum atomic E-state index is -0.434. The van der Waals surface area contributed by atoms with Gasteiger partial charge in [0, 0.05) is 25.1 Å². The lowest BCUT2D eigenvalue weighted by Crippen LogP contribution is -2.33. The average molecular weight is 324 g/mol. The molecular formula is C17H16N4O3. The summed E-state index contributed by atoms with van der Waals surface area (Å²) in [4.78, 5) is 21.2. The Balaban J connectivity index is 1.45. The minimum Gasteiger partial charge on any atom is -0.440 e. The highest BCUT2D eigenvalue weighted by atomic mass is 16.6. The molecule has 1 aliphatic heterocycles. The second-order valence-electron chi connectivity index (χ2n) is 5.91. The number of hydrogen-bond acceptors (Lipinski definition) is 6. The Morgan fingerprint density at radius 3 is 2.62 bits per heavy atom. The van der Waals surface area contributed by atoms with Crippen LogP contribution in [0.25, 0.3) is 11.1 Å². The van der Waals surface area contributed by atoms with Crippen LogP contribution in [0.3, 0.4) is 0 Å². The number of aromatic nitrogens is 2. The lowest BCUT2D eigenvalue weighted by atomic mass is 9.97. The predicted molar refractivity (Wildman–Crippen MR) is 89.1 cm³/mol. The fourth-order valence-corrected chi connectivity index (χ4v) is 3.09. The first-order valence-corrected chi connectivity index (χ1v) is 7.91. The molecule has 7 nitrogen and oxygen atoms in total. The summed E-state index contributed by atoms with van der Waals surface area (Å²) in [5.41, 5.74) is 1.74. The molecule has 0 spiro atoms. The van der Waals surface area contributed by atoms with Gasteiger partial charge in [-0.25, -0.2) is 9.97 Å². The van der Waals surface area contributed by atoms with E-state index in [2.05, 4.69) is 14.9 Å². The molecule has 1 aromatic carbocycles. The van der Waals surface area contributed by atoms with Gasteiger partial charge in [-0.15, -0.1) is 0 Å². The number of fused-ring (bicyclic) bond motifs is 1. The van der Waals surface area contributed by atoms with E-state index in [0.29, 0.717) is 5.92 Å². The van der Waals surface area contributed by atoms with Crippen molar-refractivity contribution in [3.05, 3.63) is 58.6 Å². The molecule has 3 heterocycles. The monoisotopic (exact) mass is 324 g/mol. The molecule has 0 N–H and O–H groups in total. The molecule has 0 bridgehead atoms. The summed E-state index contributed by atoms with van der Waals surface area (Å²) in [5, 5.41) is 10.7. The Bertz CT molecular complexity index is 834. The SMILES string of the molecule is O=[N+]([O-])c1ccc(N2CCC(c3nc4ccccc4o3)CC2)nc1. The zero-order valence-corrected chi connectivity index (χ0v) is 13.0. The number of hydrogen-bond donors (Lipinski definition) is 0. The van der Waals surface area contributed by atoms with E-state index in [1.165, 1.54) is 12.3 Å². The largest absolute Gasteiger partial charge is 0.440 e. The number of anilines is 1. The molecule has 2 aromatic heterocycles. The molecule has 24 heavy (non-hydrogen) atoms. The standard InChI is InChI=1S/C17H16N4O3/c22-21(23)13-5-6-16(18-11-13)20-9-7-12(8-10-20)17-19-14-3-1-2-4-15(14)24-17/h1-6,11-12H,7-10H2. The first-order valence-electron chi connectivity index (χ1n) is 7.91. The Kier molecular flexibility index (Phi) is 3.60. The molecule has 0 aliphatic carbocycles. The van der Waals surface area contributed by atoms with Gasteiger partial charge >= 0.3 is 0 Å². The molecule has 4 rings (SSSR count). The van der Waals surface area contributed by atoms with Crippen LogP contribution >= 0.6 is 0 Å². The van der Waals surface area contributed by atoms with Crippen molar-refractivity contribution in [1.82, 2.24) is 9.97 Å². The molecule has 0 unspecified atom stereocenters. The van der Waals surface area contributed by atoms with Crippen molar-refractivity contribution in [2.75, 3.05) is 18.0 Å². The van der Waals surface area contributed by atoms with Crippen molar-refractivity contribution >= 4 is 22.6 Å². The fraction of sp³-hybridized carbons (Fsp3) is 0.294. The topological polar surface area (TPSA) is 85.3 Å². The lowest BCUT2D eigenvalue weighted by molar-refractivity contribution is -0.385. The summed E-state index contributed by atoms with van der Waals surface area (Å²) >= 11 is 0. The summed E-state index contributed by atoms with van der Waals surface area (Å²) < 4.78 is 5.87. The van der Waals surface area contributed by atoms with Crippen LogP contribution in [0.5, 0.6) is 0 Å². The molecule has 0 atom stereocenters. The number of oxazole rings is 1. The van der Waals surface area contributed by atoms with Crippen LogP contribution in [0.4, 0.5) is 11.5 Å². The van der Waals surface area contributed by atoms with Gasteiger partial charge in [-0.1, -0.05) is 12.1 Å². The number of piperidine rings is 1. The van der Waals surface area contributed by atoms with E-state index >= 15 is 0 Å². The Morgan fingerprint density at radius 2 is 1.96 bits per heavy atom. The first-order chi connectivity index (χ1) is 11.7. The maximum Gasteiger partial charge on any atom is 0.287 e. The molecular weight excluding hydrogens is 308 g/mol. The quantitative estimate of drug-likeness (QED) is 0.541. The predicted octanol–water partition coefficient (Wildman–Crippen LogP) is 3.52. The molecule has 122 valence electrons. The van der Waals surface area contributed by atoms with Crippen LogP contribution in [-0.2, 0) is 0 Å². The van der Waals surface area contributed by atoms with Gasteiger partial charge in [-0.05, 0) is 31.0 Å². The summed E-state index contributed by atoms with van der Waals surface area (Å²) in [6.45, 7) is 1.66. The highest BCUT2D eigenvalue weighted by Crippen LogP contribution is 2.31. The van der Waals surface area contributed by atoms with E-state index in [1.807, 2.05) is 24.3 Å². The third-order valence-electron chi connectivity index (χ3n) is 4.42. The fourth-order valence-electron chi connectivity index (χ4n) is 3.09. The number of benzene rings is 1. The first kappa shape index (κ1) is 14.6. The van der Waals surface area contributed by atoms with Gasteiger partial charge in [0.25, 0.3) is 5.69 Å². The minimum absolute atomic E-state index is 0.0140. The van der Waals surface area contributed by atoms with Crippen molar-refractivity contribution < 1.29 is 9.34 Å². The molecule has 7 heteroatoms. The van der Waals surface area contributed by atoms with E-state index < -0.39 is 4.92 Å². The third-order valence-corrected chi connectivity index (χ3v) is 4.42. The zero-order chi connectivity index (χ0) is 16.5. The van der Waals surface area contributed by atoms with Crippen molar-refractivity contribution in [2.24, 2.45) is 0 Å². The lowest BCUT2D eigenvalue weighted by Gasteiger charge is -2.31. The van der Waals surface area contributed by atoms with Gasteiger partial charge in [0.15, 0.2) is 11.5 Å². The van der Waals surface area contributed by atoms with Crippen LogP contribution in [0.15, 0.2) is 47.0 Å². The number of para-hydroxylation sites is 2. The van der Waals surface area contributed by atoms with Gasteiger partial charge in [-0.2, -0.15) is 0 Å². The van der Waals surface area contributed by atoms with E-state index in [0.717, 1.165) is 48.7 Å². The number of nitro groups is 1. The van der Waals surface area contributed by atoms with Gasteiger partial charge in [-0.3, -0.25) is 10.1 Å². The van der Waals surface area contributed by atoms with Gasteiger partial charge in [0.05, 0.1) is 4.92 Å². The normalized spacial score (nSPS) is 15.8. The van der Waals surface area contributed by atoms with Crippen LogP contribution in [-0.4, -0.2) is 28.0 Å². The van der Waals surface area contributed by atoms with E-state index in [-0.39, 0.29) is 5.69 Å². The molecule has 1 fully saturated rings. The van der Waals surface area contributed by atoms with E-state index in [4.69, 9.17) is 4.42 Å². The van der Waals surface area contributed by atoms with Gasteiger partial charge in [0.1, 0.15) is 17.5 Å². The van der Waals surface area contributed by atoms with E-state index in [9.17, 15) is 10.1 Å². The maximum atomic E-state index is 10.7. The second-order valence-corrected chi connectivity index (χ2v) is 5.91. The Hall–Kier alpha value is -2.96. The molecule has 3 aromatic rings. The van der Waals surface area contributed by atoms with E-state index in [1.54, 1.807) is 6.07 Å². The van der Waals surface area contributed by atoms with Crippen LogP contribution in [0.2, 0.25) is 0 Å². The number of nitrogens with zero attached hydrogens (tertiary/aromatic N) is 4. The Labute approximate surface area is 138 Å². The van der Waals surface area contributed by atoms with Crippen molar-refractivity contribution in [3.8, 4) is 0 Å². The average Bonchev–Trinajstić information content (AvgIpc) is 3.06. The zero-order valence-electron chi connectivity index (χ0n) is 13.0. The molecule has 1 saturated heterocycles.